The molecule has 31 heavy (non-hydrogen) atoms. The number of nitriles is 1. The quantitative estimate of drug-likeness (QED) is 0.704. The van der Waals surface area contributed by atoms with E-state index in [9.17, 15) is 0 Å². The fraction of sp³-hybridized carbons (Fsp3) is 0.400. The lowest BCUT2D eigenvalue weighted by Gasteiger charge is -2.25. The van der Waals surface area contributed by atoms with Crippen LogP contribution in [0.5, 0.6) is 0 Å². The molecule has 0 amide bonds. The molecule has 2 aromatic rings. The standard InChI is InChI=1S/C25H30N2O4/c26-21-24-5-3-22(4-6-24)1-2-23-7-9-25(10-8-23)27-11-13-28-15-17-30-19-20-31-18-16-29-14-12-27/h1-10H,11-20H2/b2-1+. The lowest BCUT2D eigenvalue weighted by atomic mass is 10.1. The van der Waals surface area contributed by atoms with Crippen molar-refractivity contribution in [2.75, 3.05) is 70.8 Å². The number of ether oxygens (including phenoxy) is 4. The van der Waals surface area contributed by atoms with E-state index in [1.807, 2.05) is 30.3 Å². The lowest BCUT2D eigenvalue weighted by molar-refractivity contribution is 0.00206. The van der Waals surface area contributed by atoms with Crippen LogP contribution in [0.4, 0.5) is 5.69 Å². The van der Waals surface area contributed by atoms with Crippen LogP contribution in [-0.4, -0.2) is 65.9 Å². The smallest absolute Gasteiger partial charge is 0.0991 e. The summed E-state index contributed by atoms with van der Waals surface area (Å²) in [6, 6.07) is 18.1. The van der Waals surface area contributed by atoms with Gasteiger partial charge in [0.2, 0.25) is 0 Å². The minimum Gasteiger partial charge on any atom is -0.377 e. The van der Waals surface area contributed by atoms with Gasteiger partial charge in [0, 0.05) is 18.8 Å². The predicted octanol–water partition coefficient (Wildman–Crippen LogP) is 3.62. The fourth-order valence-electron chi connectivity index (χ4n) is 3.14. The number of hydrogen-bond acceptors (Lipinski definition) is 6. The van der Waals surface area contributed by atoms with Crippen LogP contribution in [0.1, 0.15) is 16.7 Å². The second-order valence-electron chi connectivity index (χ2n) is 7.10. The molecule has 1 fully saturated rings. The first-order valence-electron chi connectivity index (χ1n) is 10.7. The highest BCUT2D eigenvalue weighted by molar-refractivity contribution is 5.70. The van der Waals surface area contributed by atoms with Gasteiger partial charge in [-0.25, -0.2) is 0 Å². The molecule has 2 aromatic carbocycles. The van der Waals surface area contributed by atoms with Crippen LogP contribution in [0.3, 0.4) is 0 Å². The summed E-state index contributed by atoms with van der Waals surface area (Å²) in [6.45, 7) is 6.37. The molecule has 1 aliphatic rings. The molecular weight excluding hydrogens is 392 g/mol. The van der Waals surface area contributed by atoms with Gasteiger partial charge in [-0.3, -0.25) is 0 Å². The van der Waals surface area contributed by atoms with E-state index >= 15 is 0 Å². The zero-order valence-corrected chi connectivity index (χ0v) is 17.9. The second kappa shape index (κ2) is 13.6. The molecule has 0 unspecified atom stereocenters. The summed E-state index contributed by atoms with van der Waals surface area (Å²) in [5.74, 6) is 0. The highest BCUT2D eigenvalue weighted by Gasteiger charge is 2.07. The van der Waals surface area contributed by atoms with E-state index in [1.165, 1.54) is 0 Å². The average Bonchev–Trinajstić information content (AvgIpc) is 2.83. The zero-order chi connectivity index (χ0) is 21.6. The molecule has 1 saturated heterocycles. The van der Waals surface area contributed by atoms with E-state index in [4.69, 9.17) is 24.2 Å². The summed E-state index contributed by atoms with van der Waals surface area (Å²) >= 11 is 0. The summed E-state index contributed by atoms with van der Waals surface area (Å²) in [5.41, 5.74) is 3.99. The Morgan fingerprint density at radius 2 is 1.03 bits per heavy atom. The molecule has 6 heteroatoms. The SMILES string of the molecule is N#Cc1ccc(/C=C/c2ccc(N3CCOCCOCCOCCOCC3)cc2)cc1. The van der Waals surface area contributed by atoms with Gasteiger partial charge >= 0.3 is 0 Å². The Bertz CT molecular complexity index is 812. The lowest BCUT2D eigenvalue weighted by Crippen LogP contribution is -2.31. The first-order valence-corrected chi connectivity index (χ1v) is 10.7. The first kappa shape index (κ1) is 23.0. The Kier molecular flexibility index (Phi) is 10.1. The molecule has 0 atom stereocenters. The molecule has 164 valence electrons. The molecule has 6 nitrogen and oxygen atoms in total. The van der Waals surface area contributed by atoms with Crippen LogP contribution in [0.25, 0.3) is 12.2 Å². The third-order valence-corrected chi connectivity index (χ3v) is 4.89. The fourth-order valence-corrected chi connectivity index (χ4v) is 3.14. The van der Waals surface area contributed by atoms with Gasteiger partial charge in [-0.1, -0.05) is 36.4 Å². The molecule has 0 saturated carbocycles. The van der Waals surface area contributed by atoms with Gasteiger partial charge in [0.15, 0.2) is 0 Å². The van der Waals surface area contributed by atoms with Crippen LogP contribution in [0.15, 0.2) is 48.5 Å². The van der Waals surface area contributed by atoms with E-state index in [1.54, 1.807) is 0 Å². The van der Waals surface area contributed by atoms with Crippen molar-refractivity contribution >= 4 is 17.8 Å². The van der Waals surface area contributed by atoms with Gasteiger partial charge in [-0.15, -0.1) is 0 Å². The summed E-state index contributed by atoms with van der Waals surface area (Å²) in [5, 5.41) is 8.90. The van der Waals surface area contributed by atoms with Crippen molar-refractivity contribution in [3.63, 3.8) is 0 Å². The minimum atomic E-state index is 0.583. The van der Waals surface area contributed by atoms with E-state index < -0.39 is 0 Å². The van der Waals surface area contributed by atoms with Gasteiger partial charge in [0.1, 0.15) is 0 Å². The molecule has 0 N–H and O–H groups in total. The van der Waals surface area contributed by atoms with Gasteiger partial charge in [0.05, 0.1) is 64.5 Å². The highest BCUT2D eigenvalue weighted by Crippen LogP contribution is 2.17. The third-order valence-electron chi connectivity index (χ3n) is 4.89. The molecule has 0 bridgehead atoms. The monoisotopic (exact) mass is 422 g/mol. The number of rotatable bonds is 3. The van der Waals surface area contributed by atoms with Crippen molar-refractivity contribution in [3.8, 4) is 6.07 Å². The van der Waals surface area contributed by atoms with Gasteiger partial charge in [-0.2, -0.15) is 5.26 Å². The van der Waals surface area contributed by atoms with Crippen LogP contribution in [-0.2, 0) is 18.9 Å². The third kappa shape index (κ3) is 8.52. The summed E-state index contributed by atoms with van der Waals surface area (Å²) in [7, 11) is 0. The average molecular weight is 423 g/mol. The molecule has 3 rings (SSSR count). The summed E-state index contributed by atoms with van der Waals surface area (Å²) in [4.78, 5) is 2.27. The number of nitrogens with zero attached hydrogens (tertiary/aromatic N) is 2. The van der Waals surface area contributed by atoms with Crippen molar-refractivity contribution in [1.29, 1.82) is 5.26 Å². The Labute approximate surface area is 184 Å². The largest absolute Gasteiger partial charge is 0.377 e. The van der Waals surface area contributed by atoms with Crippen LogP contribution in [0.2, 0.25) is 0 Å². The van der Waals surface area contributed by atoms with E-state index in [2.05, 4.69) is 41.3 Å². The number of benzene rings is 2. The van der Waals surface area contributed by atoms with Crippen molar-refractivity contribution in [3.05, 3.63) is 65.2 Å². The molecule has 0 radical (unpaired) electrons. The van der Waals surface area contributed by atoms with Gasteiger partial charge in [0.25, 0.3) is 0 Å². The van der Waals surface area contributed by atoms with Crippen molar-refractivity contribution in [1.82, 2.24) is 0 Å². The maximum atomic E-state index is 8.90. The molecule has 0 spiro atoms. The maximum Gasteiger partial charge on any atom is 0.0991 e. The molecule has 0 aliphatic carbocycles. The number of hydrogen-bond donors (Lipinski definition) is 0. The van der Waals surface area contributed by atoms with E-state index in [0.717, 1.165) is 29.9 Å². The van der Waals surface area contributed by atoms with Crippen LogP contribution < -0.4 is 4.90 Å². The summed E-state index contributed by atoms with van der Waals surface area (Å²) in [6.07, 6.45) is 4.12. The maximum absolute atomic E-state index is 8.90. The predicted molar refractivity (Wildman–Crippen MR) is 122 cm³/mol. The minimum absolute atomic E-state index is 0.583. The van der Waals surface area contributed by atoms with Crippen molar-refractivity contribution < 1.29 is 18.9 Å². The van der Waals surface area contributed by atoms with Gasteiger partial charge < -0.3 is 23.8 Å². The van der Waals surface area contributed by atoms with Gasteiger partial charge in [-0.05, 0) is 35.4 Å². The topological polar surface area (TPSA) is 64.0 Å². The molecule has 1 aliphatic heterocycles. The Balaban J connectivity index is 1.57. The van der Waals surface area contributed by atoms with Crippen molar-refractivity contribution in [2.45, 2.75) is 0 Å². The highest BCUT2D eigenvalue weighted by atomic mass is 16.6. The molecule has 0 aromatic heterocycles. The van der Waals surface area contributed by atoms with E-state index in [0.29, 0.717) is 58.4 Å². The first-order chi connectivity index (χ1) is 15.3. The number of anilines is 1. The Morgan fingerprint density at radius 1 is 0.613 bits per heavy atom. The van der Waals surface area contributed by atoms with Crippen LogP contribution in [0, 0.1) is 11.3 Å². The van der Waals surface area contributed by atoms with Crippen molar-refractivity contribution in [2.24, 2.45) is 0 Å². The molecular formula is C25H30N2O4. The Hall–Kier alpha value is -2.69. The van der Waals surface area contributed by atoms with E-state index in [-0.39, 0.29) is 0 Å². The zero-order valence-electron chi connectivity index (χ0n) is 17.9. The van der Waals surface area contributed by atoms with Crippen LogP contribution >= 0.6 is 0 Å². The second-order valence-corrected chi connectivity index (χ2v) is 7.10. The molecule has 1 heterocycles. The Morgan fingerprint density at radius 3 is 1.48 bits per heavy atom. The normalized spacial score (nSPS) is 17.6. The summed E-state index contributed by atoms with van der Waals surface area (Å²) < 4.78 is 22.4.